The van der Waals surface area contributed by atoms with Crippen LogP contribution in [0.3, 0.4) is 0 Å². The van der Waals surface area contributed by atoms with E-state index in [0.29, 0.717) is 31.5 Å². The lowest BCUT2D eigenvalue weighted by Crippen LogP contribution is -2.41. The minimum Gasteiger partial charge on any atom is -0.339 e. The summed E-state index contributed by atoms with van der Waals surface area (Å²) in [7, 11) is 0. The third-order valence-corrected chi connectivity index (χ3v) is 6.14. The Kier molecular flexibility index (Phi) is 6.65. The number of carbonyl (C=O) groups is 2. The summed E-state index contributed by atoms with van der Waals surface area (Å²) in [5, 5.41) is 7.89. The van der Waals surface area contributed by atoms with Gasteiger partial charge in [0, 0.05) is 40.5 Å². The highest BCUT2D eigenvalue weighted by molar-refractivity contribution is 9.10. The van der Waals surface area contributed by atoms with Crippen LogP contribution in [0.4, 0.5) is 5.82 Å². The van der Waals surface area contributed by atoms with Crippen LogP contribution in [-0.2, 0) is 15.7 Å². The van der Waals surface area contributed by atoms with Crippen LogP contribution in [0.1, 0.15) is 70.4 Å². The molecule has 1 N–H and O–H groups in total. The number of anilines is 1. The van der Waals surface area contributed by atoms with Crippen molar-refractivity contribution in [3.8, 4) is 0 Å². The van der Waals surface area contributed by atoms with E-state index in [0.717, 1.165) is 16.0 Å². The van der Waals surface area contributed by atoms with Crippen molar-refractivity contribution >= 4 is 33.6 Å². The Balaban J connectivity index is 1.66. The Bertz CT molecular complexity index is 943. The Morgan fingerprint density at radius 3 is 2.13 bits per heavy atom. The van der Waals surface area contributed by atoms with Crippen molar-refractivity contribution in [2.75, 3.05) is 18.4 Å². The number of aromatic nitrogens is 2. The molecule has 1 aromatic heterocycles. The van der Waals surface area contributed by atoms with E-state index < -0.39 is 0 Å². The zero-order chi connectivity index (χ0) is 23.0. The maximum Gasteiger partial charge on any atom is 0.253 e. The second-order valence-electron chi connectivity index (χ2n) is 10.3. The molecule has 1 fully saturated rings. The van der Waals surface area contributed by atoms with Crippen LogP contribution in [0.25, 0.3) is 0 Å². The zero-order valence-corrected chi connectivity index (χ0v) is 20.9. The molecule has 2 heterocycles. The molecule has 2 amide bonds. The SMILES string of the molecule is CC(C)(C)c1cc(NC(=O)C2CCN(C(=O)c3ccc(Br)cc3)CC2)n(C(C)(C)C)n1. The maximum absolute atomic E-state index is 13.0. The Morgan fingerprint density at radius 1 is 1.03 bits per heavy atom. The van der Waals surface area contributed by atoms with Crippen LogP contribution < -0.4 is 5.32 Å². The number of likely N-dealkylation sites (tertiary alicyclic amines) is 1. The van der Waals surface area contributed by atoms with Crippen molar-refractivity contribution in [1.82, 2.24) is 14.7 Å². The lowest BCUT2D eigenvalue weighted by atomic mass is 9.92. The summed E-state index contributed by atoms with van der Waals surface area (Å²) >= 11 is 3.40. The van der Waals surface area contributed by atoms with Crippen molar-refractivity contribution in [3.63, 3.8) is 0 Å². The normalized spacial score (nSPS) is 15.8. The van der Waals surface area contributed by atoms with Gasteiger partial charge in [-0.05, 0) is 57.9 Å². The third-order valence-electron chi connectivity index (χ3n) is 5.61. The quantitative estimate of drug-likeness (QED) is 0.646. The molecule has 3 rings (SSSR count). The summed E-state index contributed by atoms with van der Waals surface area (Å²) < 4.78 is 2.85. The van der Waals surface area contributed by atoms with E-state index in [1.807, 2.05) is 39.9 Å². The van der Waals surface area contributed by atoms with Crippen LogP contribution in [0.5, 0.6) is 0 Å². The maximum atomic E-state index is 13.0. The van der Waals surface area contributed by atoms with Gasteiger partial charge in [0.2, 0.25) is 5.91 Å². The molecule has 0 saturated carbocycles. The number of carbonyl (C=O) groups excluding carboxylic acids is 2. The number of amides is 2. The highest BCUT2D eigenvalue weighted by Gasteiger charge is 2.30. The molecule has 0 aliphatic carbocycles. The van der Waals surface area contributed by atoms with Gasteiger partial charge in [-0.2, -0.15) is 5.10 Å². The molecule has 0 radical (unpaired) electrons. The molecule has 0 bridgehead atoms. The first kappa shape index (κ1) is 23.5. The van der Waals surface area contributed by atoms with Crippen LogP contribution in [0.2, 0.25) is 0 Å². The average molecular weight is 489 g/mol. The van der Waals surface area contributed by atoms with E-state index in [1.165, 1.54) is 0 Å². The lowest BCUT2D eigenvalue weighted by Gasteiger charge is -2.31. The van der Waals surface area contributed by atoms with Crippen LogP contribution in [-0.4, -0.2) is 39.6 Å². The molecule has 0 unspecified atom stereocenters. The van der Waals surface area contributed by atoms with E-state index in [1.54, 1.807) is 0 Å². The first-order valence-corrected chi connectivity index (χ1v) is 11.6. The number of benzene rings is 1. The van der Waals surface area contributed by atoms with Crippen LogP contribution >= 0.6 is 15.9 Å². The fraction of sp³-hybridized carbons (Fsp3) is 0.542. The molecule has 31 heavy (non-hydrogen) atoms. The summed E-state index contributed by atoms with van der Waals surface area (Å²) in [4.78, 5) is 27.6. The second kappa shape index (κ2) is 8.77. The molecule has 1 saturated heterocycles. The number of halogens is 1. The van der Waals surface area contributed by atoms with E-state index >= 15 is 0 Å². The predicted molar refractivity (Wildman–Crippen MR) is 127 cm³/mol. The minimum atomic E-state index is -0.243. The Hall–Kier alpha value is -2.15. The van der Waals surface area contributed by atoms with Gasteiger partial charge in [0.05, 0.1) is 11.2 Å². The smallest absolute Gasteiger partial charge is 0.253 e. The molecule has 1 aliphatic rings. The summed E-state index contributed by atoms with van der Waals surface area (Å²) in [6, 6.07) is 9.38. The molecular weight excluding hydrogens is 456 g/mol. The highest BCUT2D eigenvalue weighted by atomic mass is 79.9. The predicted octanol–water partition coefficient (Wildman–Crippen LogP) is 5.19. The topological polar surface area (TPSA) is 67.2 Å². The standard InChI is InChI=1S/C24H33BrN4O2/c1-23(2,3)19-15-20(29(27-19)24(4,5)6)26-21(30)16-11-13-28(14-12-16)22(31)17-7-9-18(25)10-8-17/h7-10,15-16H,11-14H2,1-6H3,(H,26,30). The van der Waals surface area contributed by atoms with Crippen LogP contribution in [0.15, 0.2) is 34.8 Å². The van der Waals surface area contributed by atoms with Gasteiger partial charge in [-0.3, -0.25) is 9.59 Å². The third kappa shape index (κ3) is 5.56. The number of nitrogens with zero attached hydrogens (tertiary/aromatic N) is 3. The molecule has 0 atom stereocenters. The first-order chi connectivity index (χ1) is 14.4. The number of rotatable bonds is 3. The second-order valence-corrected chi connectivity index (χ2v) is 11.2. The molecule has 7 heteroatoms. The van der Waals surface area contributed by atoms with E-state index in [4.69, 9.17) is 5.10 Å². The number of piperidine rings is 1. The van der Waals surface area contributed by atoms with Crippen molar-refractivity contribution < 1.29 is 9.59 Å². The highest BCUT2D eigenvalue weighted by Crippen LogP contribution is 2.29. The van der Waals surface area contributed by atoms with Crippen LogP contribution in [0, 0.1) is 5.92 Å². The Morgan fingerprint density at radius 2 is 1.61 bits per heavy atom. The molecule has 1 aliphatic heterocycles. The minimum absolute atomic E-state index is 0.00148. The largest absolute Gasteiger partial charge is 0.339 e. The Labute approximate surface area is 193 Å². The number of hydrogen-bond donors (Lipinski definition) is 1. The first-order valence-electron chi connectivity index (χ1n) is 10.8. The van der Waals surface area contributed by atoms with Gasteiger partial charge in [0.1, 0.15) is 5.82 Å². The average Bonchev–Trinajstić information content (AvgIpc) is 3.13. The van der Waals surface area contributed by atoms with Crippen molar-refractivity contribution in [1.29, 1.82) is 0 Å². The fourth-order valence-electron chi connectivity index (χ4n) is 3.70. The number of nitrogens with one attached hydrogen (secondary N) is 1. The molecule has 0 spiro atoms. The van der Waals surface area contributed by atoms with Gasteiger partial charge in [0.15, 0.2) is 0 Å². The van der Waals surface area contributed by atoms with E-state index in [9.17, 15) is 9.59 Å². The van der Waals surface area contributed by atoms with Gasteiger partial charge in [0.25, 0.3) is 5.91 Å². The van der Waals surface area contributed by atoms with Gasteiger partial charge < -0.3 is 10.2 Å². The summed E-state index contributed by atoms with van der Waals surface area (Å²) in [5.41, 5.74) is 1.28. The lowest BCUT2D eigenvalue weighted by molar-refractivity contribution is -0.121. The summed E-state index contributed by atoms with van der Waals surface area (Å²) in [5.74, 6) is 0.639. The molecular formula is C24H33BrN4O2. The monoisotopic (exact) mass is 488 g/mol. The summed E-state index contributed by atoms with van der Waals surface area (Å²) in [6.45, 7) is 13.7. The van der Waals surface area contributed by atoms with E-state index in [2.05, 4.69) is 62.8 Å². The van der Waals surface area contributed by atoms with Crippen molar-refractivity contribution in [3.05, 3.63) is 46.1 Å². The van der Waals surface area contributed by atoms with Crippen molar-refractivity contribution in [2.24, 2.45) is 5.92 Å². The van der Waals surface area contributed by atoms with Gasteiger partial charge in [-0.15, -0.1) is 0 Å². The zero-order valence-electron chi connectivity index (χ0n) is 19.3. The number of hydrogen-bond acceptors (Lipinski definition) is 3. The molecule has 6 nitrogen and oxygen atoms in total. The van der Waals surface area contributed by atoms with Gasteiger partial charge >= 0.3 is 0 Å². The van der Waals surface area contributed by atoms with Gasteiger partial charge in [-0.25, -0.2) is 4.68 Å². The molecule has 1 aromatic carbocycles. The van der Waals surface area contributed by atoms with Crippen molar-refractivity contribution in [2.45, 2.75) is 65.3 Å². The van der Waals surface area contributed by atoms with E-state index in [-0.39, 0.29) is 28.7 Å². The van der Waals surface area contributed by atoms with Gasteiger partial charge in [-0.1, -0.05) is 36.7 Å². The molecule has 168 valence electrons. The molecule has 2 aromatic rings. The fourth-order valence-corrected chi connectivity index (χ4v) is 3.96. The summed E-state index contributed by atoms with van der Waals surface area (Å²) in [6.07, 6.45) is 1.31.